The van der Waals surface area contributed by atoms with E-state index in [0.29, 0.717) is 44.0 Å². The zero-order chi connectivity index (χ0) is 25.1. The van der Waals surface area contributed by atoms with Crippen LogP contribution in [0.3, 0.4) is 0 Å². The zero-order valence-corrected chi connectivity index (χ0v) is 20.6. The molecular weight excluding hydrogens is 458 g/mol. The van der Waals surface area contributed by atoms with Crippen molar-refractivity contribution in [3.63, 3.8) is 0 Å². The molecule has 0 saturated carbocycles. The normalized spacial score (nSPS) is 22.6. The second kappa shape index (κ2) is 10.6. The predicted molar refractivity (Wildman–Crippen MR) is 136 cm³/mol. The molecule has 1 N–H and O–H groups in total. The number of methoxy groups -OCH3 is 1. The molecular formula is C27H33N5O4. The average Bonchev–Trinajstić information content (AvgIpc) is 3.56. The molecule has 9 heteroatoms. The molecule has 3 aliphatic heterocycles. The van der Waals surface area contributed by atoms with Gasteiger partial charge in [0.2, 0.25) is 11.8 Å². The summed E-state index contributed by atoms with van der Waals surface area (Å²) in [6, 6.07) is 16.7. The van der Waals surface area contributed by atoms with Crippen molar-refractivity contribution in [2.45, 2.75) is 19.0 Å². The summed E-state index contributed by atoms with van der Waals surface area (Å²) in [4.78, 5) is 46.5. The van der Waals surface area contributed by atoms with E-state index in [1.54, 1.807) is 41.2 Å². The molecule has 0 spiro atoms. The van der Waals surface area contributed by atoms with Gasteiger partial charge in [-0.15, -0.1) is 0 Å². The number of carbonyl (C=O) groups excluding carboxylic acids is 3. The van der Waals surface area contributed by atoms with Gasteiger partial charge in [-0.2, -0.15) is 0 Å². The molecule has 2 aromatic rings. The molecule has 3 aliphatic rings. The minimum absolute atomic E-state index is 0.123. The molecule has 3 fully saturated rings. The summed E-state index contributed by atoms with van der Waals surface area (Å²) >= 11 is 0. The number of anilines is 1. The molecule has 3 saturated heterocycles. The Morgan fingerprint density at radius 2 is 1.61 bits per heavy atom. The number of hydrogen-bond acceptors (Lipinski definition) is 5. The Bertz CT molecular complexity index is 1090. The summed E-state index contributed by atoms with van der Waals surface area (Å²) in [5.74, 6) is 0.545. The van der Waals surface area contributed by atoms with Crippen LogP contribution in [0.1, 0.15) is 12.0 Å². The number of ether oxygens (including phenoxy) is 1. The van der Waals surface area contributed by atoms with Crippen LogP contribution in [0, 0.1) is 5.92 Å². The number of likely N-dealkylation sites (tertiary alicyclic amines) is 1. The van der Waals surface area contributed by atoms with Gasteiger partial charge in [0.05, 0.1) is 19.6 Å². The molecule has 190 valence electrons. The standard InChI is InChI=1S/C27H33N5O4/c1-36-23-9-7-22(8-10-23)32-19-24(28-27(32)35)26(34)31-12-11-21(18-31)25(33)30-15-13-29(14-16-30)17-20-5-3-2-4-6-20/h2-10,21,24H,11-19H2,1H3,(H,28,35). The number of amides is 4. The van der Waals surface area contributed by atoms with E-state index >= 15 is 0 Å². The van der Waals surface area contributed by atoms with Gasteiger partial charge in [-0.05, 0) is 36.2 Å². The third-order valence-corrected chi connectivity index (χ3v) is 7.37. The lowest BCUT2D eigenvalue weighted by molar-refractivity contribution is -0.137. The molecule has 0 bridgehead atoms. The SMILES string of the molecule is COc1ccc(N2CC(C(=O)N3CCC(C(=O)N4CCN(Cc5ccccc5)CC4)C3)NC2=O)cc1. The summed E-state index contributed by atoms with van der Waals surface area (Å²) in [6.45, 7) is 5.25. The number of carbonyl (C=O) groups is 3. The summed E-state index contributed by atoms with van der Waals surface area (Å²) < 4.78 is 5.17. The van der Waals surface area contributed by atoms with Gasteiger partial charge in [0.25, 0.3) is 0 Å². The summed E-state index contributed by atoms with van der Waals surface area (Å²) in [7, 11) is 1.59. The number of piperazine rings is 1. The number of urea groups is 1. The highest BCUT2D eigenvalue weighted by Gasteiger charge is 2.40. The van der Waals surface area contributed by atoms with Gasteiger partial charge in [0.1, 0.15) is 11.8 Å². The lowest BCUT2D eigenvalue weighted by atomic mass is 10.1. The van der Waals surface area contributed by atoms with Crippen molar-refractivity contribution in [1.29, 1.82) is 0 Å². The molecule has 0 aliphatic carbocycles. The zero-order valence-electron chi connectivity index (χ0n) is 20.6. The van der Waals surface area contributed by atoms with Gasteiger partial charge in [-0.3, -0.25) is 19.4 Å². The first kappa shape index (κ1) is 24.1. The van der Waals surface area contributed by atoms with Gasteiger partial charge in [0.15, 0.2) is 0 Å². The van der Waals surface area contributed by atoms with Crippen LogP contribution >= 0.6 is 0 Å². The van der Waals surface area contributed by atoms with E-state index in [1.165, 1.54) is 5.56 Å². The largest absolute Gasteiger partial charge is 0.497 e. The molecule has 4 amide bonds. The van der Waals surface area contributed by atoms with Crippen LogP contribution in [0.15, 0.2) is 54.6 Å². The number of nitrogens with one attached hydrogen (secondary N) is 1. The fraction of sp³-hybridized carbons (Fsp3) is 0.444. The molecule has 2 aromatic carbocycles. The third-order valence-electron chi connectivity index (χ3n) is 7.37. The molecule has 2 atom stereocenters. The topological polar surface area (TPSA) is 85.4 Å². The Morgan fingerprint density at radius 1 is 0.889 bits per heavy atom. The quantitative estimate of drug-likeness (QED) is 0.666. The number of benzene rings is 2. The molecule has 3 heterocycles. The van der Waals surface area contributed by atoms with Crippen LogP contribution in [0.4, 0.5) is 10.5 Å². The minimum Gasteiger partial charge on any atom is -0.497 e. The maximum Gasteiger partial charge on any atom is 0.322 e. The Hall–Kier alpha value is -3.59. The van der Waals surface area contributed by atoms with Crippen LogP contribution in [0.5, 0.6) is 5.75 Å². The number of nitrogens with zero attached hydrogens (tertiary/aromatic N) is 4. The first-order valence-electron chi connectivity index (χ1n) is 12.6. The summed E-state index contributed by atoms with van der Waals surface area (Å²) in [5, 5.41) is 2.80. The lowest BCUT2D eigenvalue weighted by Crippen LogP contribution is -2.50. The van der Waals surface area contributed by atoms with Crippen LogP contribution in [0.2, 0.25) is 0 Å². The van der Waals surface area contributed by atoms with Crippen LogP contribution in [-0.4, -0.2) is 91.5 Å². The van der Waals surface area contributed by atoms with Gasteiger partial charge in [-0.25, -0.2) is 4.79 Å². The van der Waals surface area contributed by atoms with E-state index in [2.05, 4.69) is 34.5 Å². The van der Waals surface area contributed by atoms with Crippen LogP contribution < -0.4 is 15.0 Å². The Balaban J connectivity index is 1.11. The van der Waals surface area contributed by atoms with Crippen LogP contribution in [0.25, 0.3) is 0 Å². The van der Waals surface area contributed by atoms with E-state index in [4.69, 9.17) is 4.74 Å². The maximum atomic E-state index is 13.2. The highest BCUT2D eigenvalue weighted by Crippen LogP contribution is 2.25. The highest BCUT2D eigenvalue weighted by atomic mass is 16.5. The maximum absolute atomic E-state index is 13.2. The fourth-order valence-electron chi connectivity index (χ4n) is 5.27. The Morgan fingerprint density at radius 3 is 2.31 bits per heavy atom. The number of hydrogen-bond donors (Lipinski definition) is 1. The van der Waals surface area contributed by atoms with Crippen molar-refractivity contribution < 1.29 is 19.1 Å². The first-order chi connectivity index (χ1) is 17.5. The van der Waals surface area contributed by atoms with E-state index in [1.807, 2.05) is 11.0 Å². The second-order valence-corrected chi connectivity index (χ2v) is 9.67. The van der Waals surface area contributed by atoms with E-state index in [0.717, 1.165) is 19.6 Å². The first-order valence-corrected chi connectivity index (χ1v) is 12.6. The molecule has 2 unspecified atom stereocenters. The van der Waals surface area contributed by atoms with Crippen LogP contribution in [-0.2, 0) is 16.1 Å². The van der Waals surface area contributed by atoms with Crippen molar-refractivity contribution >= 4 is 23.5 Å². The lowest BCUT2D eigenvalue weighted by Gasteiger charge is -2.36. The Labute approximate surface area is 211 Å². The predicted octanol–water partition coefficient (Wildman–Crippen LogP) is 1.79. The van der Waals surface area contributed by atoms with E-state index < -0.39 is 6.04 Å². The molecule has 36 heavy (non-hydrogen) atoms. The number of rotatable bonds is 6. The second-order valence-electron chi connectivity index (χ2n) is 9.67. The molecule has 5 rings (SSSR count). The molecule has 0 aromatic heterocycles. The fourth-order valence-corrected chi connectivity index (χ4v) is 5.27. The summed E-state index contributed by atoms with van der Waals surface area (Å²) in [6.07, 6.45) is 0.664. The van der Waals surface area contributed by atoms with E-state index in [-0.39, 0.29) is 30.3 Å². The third kappa shape index (κ3) is 5.16. The van der Waals surface area contributed by atoms with E-state index in [9.17, 15) is 14.4 Å². The van der Waals surface area contributed by atoms with Crippen molar-refractivity contribution in [3.05, 3.63) is 60.2 Å². The highest BCUT2D eigenvalue weighted by molar-refractivity contribution is 6.00. The minimum atomic E-state index is -0.616. The van der Waals surface area contributed by atoms with Gasteiger partial charge in [-0.1, -0.05) is 30.3 Å². The van der Waals surface area contributed by atoms with Crippen molar-refractivity contribution in [2.75, 3.05) is 57.8 Å². The molecule has 0 radical (unpaired) electrons. The Kier molecular flexibility index (Phi) is 7.09. The monoisotopic (exact) mass is 491 g/mol. The van der Waals surface area contributed by atoms with Crippen molar-refractivity contribution in [1.82, 2.24) is 20.0 Å². The average molecular weight is 492 g/mol. The smallest absolute Gasteiger partial charge is 0.322 e. The van der Waals surface area contributed by atoms with Gasteiger partial charge >= 0.3 is 6.03 Å². The summed E-state index contributed by atoms with van der Waals surface area (Å²) in [5.41, 5.74) is 2.00. The van der Waals surface area contributed by atoms with Crippen molar-refractivity contribution in [2.24, 2.45) is 5.92 Å². The van der Waals surface area contributed by atoms with Gasteiger partial charge < -0.3 is 19.9 Å². The molecule has 9 nitrogen and oxygen atoms in total. The van der Waals surface area contributed by atoms with Crippen molar-refractivity contribution in [3.8, 4) is 5.75 Å². The van der Waals surface area contributed by atoms with Gasteiger partial charge in [0, 0.05) is 51.5 Å².